The number of aromatic nitrogens is 1. The topological polar surface area (TPSA) is 66.4 Å². The largest absolute Gasteiger partial charge is 0.384 e. The number of carbonyl (C=O) groups is 1. The molecule has 0 fully saturated rings. The molecule has 7 heteroatoms. The predicted octanol–water partition coefficient (Wildman–Crippen LogP) is 4.22. The Morgan fingerprint density at radius 2 is 1.97 bits per heavy atom. The maximum absolute atomic E-state index is 14.6. The number of hydrogen-bond acceptors (Lipinski definition) is 4. The van der Waals surface area contributed by atoms with Crippen LogP contribution >= 0.6 is 0 Å². The first kappa shape index (κ1) is 22.9. The highest BCUT2D eigenvalue weighted by Crippen LogP contribution is 2.22. The van der Waals surface area contributed by atoms with E-state index in [0.29, 0.717) is 24.1 Å². The second-order valence-corrected chi connectivity index (χ2v) is 7.68. The molecule has 2 aromatic rings. The summed E-state index contributed by atoms with van der Waals surface area (Å²) in [5.74, 6) is -0.887. The second-order valence-electron chi connectivity index (χ2n) is 7.68. The van der Waals surface area contributed by atoms with E-state index in [-0.39, 0.29) is 16.8 Å². The molecule has 0 saturated heterocycles. The third kappa shape index (κ3) is 6.07. The Morgan fingerprint density at radius 3 is 2.53 bits per heavy atom. The summed E-state index contributed by atoms with van der Waals surface area (Å²) in [5, 5.41) is 6.21. The molecular formula is C23H26F2N4O. The van der Waals surface area contributed by atoms with E-state index in [9.17, 15) is 13.6 Å². The van der Waals surface area contributed by atoms with Crippen molar-refractivity contribution < 1.29 is 13.6 Å². The molecule has 2 rings (SSSR count). The van der Waals surface area contributed by atoms with Crippen LogP contribution in [0.1, 0.15) is 37.5 Å². The number of pyridine rings is 1. The molecule has 0 amide bonds. The van der Waals surface area contributed by atoms with Crippen molar-refractivity contribution in [2.75, 3.05) is 7.05 Å². The number of aldehydes is 1. The molecule has 0 spiro atoms. The number of aliphatic imine (C=N–C) groups is 1. The Labute approximate surface area is 175 Å². The smallest absolute Gasteiger partial charge is 0.212 e. The number of amidine groups is 1. The van der Waals surface area contributed by atoms with Crippen molar-refractivity contribution in [3.8, 4) is 0 Å². The molecule has 0 aliphatic carbocycles. The molecule has 2 N–H and O–H groups in total. The summed E-state index contributed by atoms with van der Waals surface area (Å²) in [5.41, 5.74) is 2.63. The fraction of sp³-hybridized carbons (Fsp3) is 0.261. The average molecular weight is 412 g/mol. The van der Waals surface area contributed by atoms with E-state index in [1.54, 1.807) is 12.1 Å². The first-order chi connectivity index (χ1) is 14.2. The van der Waals surface area contributed by atoms with Gasteiger partial charge in [0.2, 0.25) is 5.95 Å². The van der Waals surface area contributed by atoms with Crippen LogP contribution in [0, 0.1) is 17.2 Å². The Kier molecular flexibility index (Phi) is 7.58. The fourth-order valence-electron chi connectivity index (χ4n) is 2.52. The highest BCUT2D eigenvalue weighted by Gasteiger charge is 2.16. The van der Waals surface area contributed by atoms with E-state index in [1.165, 1.54) is 37.5 Å². The first-order valence-electron chi connectivity index (χ1n) is 9.39. The van der Waals surface area contributed by atoms with Gasteiger partial charge in [-0.2, -0.15) is 4.39 Å². The molecule has 0 saturated carbocycles. The molecule has 0 atom stereocenters. The molecule has 5 nitrogen and oxygen atoms in total. The van der Waals surface area contributed by atoms with Crippen LogP contribution in [0.5, 0.6) is 0 Å². The minimum Gasteiger partial charge on any atom is -0.384 e. The molecule has 1 heterocycles. The molecule has 1 aromatic heterocycles. The van der Waals surface area contributed by atoms with Gasteiger partial charge in [0.15, 0.2) is 0 Å². The quantitative estimate of drug-likeness (QED) is 0.235. The van der Waals surface area contributed by atoms with E-state index in [1.807, 2.05) is 0 Å². The number of nitrogens with one attached hydrogen (secondary N) is 2. The summed E-state index contributed by atoms with van der Waals surface area (Å²) < 4.78 is 27.7. The number of benzene rings is 1. The van der Waals surface area contributed by atoms with Gasteiger partial charge >= 0.3 is 0 Å². The third-order valence-electron chi connectivity index (χ3n) is 4.45. The summed E-state index contributed by atoms with van der Waals surface area (Å²) >= 11 is 0. The molecule has 158 valence electrons. The van der Waals surface area contributed by atoms with Crippen molar-refractivity contribution in [2.24, 2.45) is 10.4 Å². The van der Waals surface area contributed by atoms with E-state index < -0.39 is 11.8 Å². The molecule has 0 radical (unpaired) electrons. The highest BCUT2D eigenvalue weighted by atomic mass is 19.1. The van der Waals surface area contributed by atoms with Crippen LogP contribution in [0.15, 0.2) is 59.9 Å². The van der Waals surface area contributed by atoms with Crippen LogP contribution < -0.4 is 10.6 Å². The van der Waals surface area contributed by atoms with E-state index in [0.717, 1.165) is 11.3 Å². The van der Waals surface area contributed by atoms with Gasteiger partial charge in [-0.25, -0.2) is 9.37 Å². The van der Waals surface area contributed by atoms with Crippen LogP contribution in [0.2, 0.25) is 0 Å². The van der Waals surface area contributed by atoms with Gasteiger partial charge in [0.25, 0.3) is 0 Å². The molecule has 0 aliphatic heterocycles. The van der Waals surface area contributed by atoms with Crippen molar-refractivity contribution in [2.45, 2.75) is 27.3 Å². The second kappa shape index (κ2) is 9.91. The molecule has 0 unspecified atom stereocenters. The van der Waals surface area contributed by atoms with Crippen LogP contribution in [-0.2, 0) is 11.3 Å². The molecule has 0 bridgehead atoms. The minimum absolute atomic E-state index is 0.0990. The summed E-state index contributed by atoms with van der Waals surface area (Å²) in [6.45, 7) is 10.7. The lowest BCUT2D eigenvalue weighted by Gasteiger charge is -2.23. The Hall–Kier alpha value is -3.35. The minimum atomic E-state index is -0.642. The van der Waals surface area contributed by atoms with Crippen LogP contribution in [0.3, 0.4) is 0 Å². The third-order valence-corrected chi connectivity index (χ3v) is 4.45. The summed E-state index contributed by atoms with van der Waals surface area (Å²) in [6, 6.07) is 7.36. The SMILES string of the molecule is C=C(NCc1ccc(F)c(C(=NC)N/C(=C\C=O)c2ccc(F)nc2)c1)C(C)(C)C. The Balaban J connectivity index is 2.28. The van der Waals surface area contributed by atoms with Gasteiger partial charge in [0.1, 0.15) is 17.9 Å². The molecular weight excluding hydrogens is 386 g/mol. The monoisotopic (exact) mass is 412 g/mol. The Morgan fingerprint density at radius 1 is 1.23 bits per heavy atom. The van der Waals surface area contributed by atoms with Crippen molar-refractivity contribution in [3.63, 3.8) is 0 Å². The number of halogens is 2. The lowest BCUT2D eigenvalue weighted by atomic mass is 9.93. The predicted molar refractivity (Wildman–Crippen MR) is 116 cm³/mol. The molecule has 30 heavy (non-hydrogen) atoms. The lowest BCUT2D eigenvalue weighted by molar-refractivity contribution is -0.104. The van der Waals surface area contributed by atoms with Gasteiger partial charge in [-0.1, -0.05) is 33.4 Å². The number of hydrogen-bond donors (Lipinski definition) is 2. The number of rotatable bonds is 7. The van der Waals surface area contributed by atoms with E-state index in [2.05, 4.69) is 48.0 Å². The number of allylic oxidation sites excluding steroid dienone is 2. The van der Waals surface area contributed by atoms with Gasteiger partial charge < -0.3 is 10.6 Å². The summed E-state index contributed by atoms with van der Waals surface area (Å²) in [6.07, 6.45) is 3.10. The maximum atomic E-state index is 14.6. The zero-order chi connectivity index (χ0) is 22.3. The summed E-state index contributed by atoms with van der Waals surface area (Å²) in [4.78, 5) is 18.8. The lowest BCUT2D eigenvalue weighted by Crippen LogP contribution is -2.26. The van der Waals surface area contributed by atoms with Crippen LogP contribution in [0.4, 0.5) is 8.78 Å². The zero-order valence-corrected chi connectivity index (χ0v) is 17.6. The molecule has 0 aliphatic rings. The van der Waals surface area contributed by atoms with Gasteiger partial charge in [-0.3, -0.25) is 9.79 Å². The highest BCUT2D eigenvalue weighted by molar-refractivity contribution is 6.04. The maximum Gasteiger partial charge on any atom is 0.212 e. The average Bonchev–Trinajstić information content (AvgIpc) is 2.70. The van der Waals surface area contributed by atoms with Gasteiger partial charge in [0.05, 0.1) is 11.3 Å². The zero-order valence-electron chi connectivity index (χ0n) is 17.6. The fourth-order valence-corrected chi connectivity index (χ4v) is 2.52. The van der Waals surface area contributed by atoms with Crippen molar-refractivity contribution in [3.05, 3.63) is 83.3 Å². The van der Waals surface area contributed by atoms with E-state index >= 15 is 0 Å². The van der Waals surface area contributed by atoms with Crippen LogP contribution in [0.25, 0.3) is 5.70 Å². The summed E-state index contributed by atoms with van der Waals surface area (Å²) in [7, 11) is 1.51. The van der Waals surface area contributed by atoms with E-state index in [4.69, 9.17) is 0 Å². The first-order valence-corrected chi connectivity index (χ1v) is 9.39. The normalized spacial score (nSPS) is 12.5. The Bertz CT molecular complexity index is 974. The van der Waals surface area contributed by atoms with Crippen molar-refractivity contribution in [1.82, 2.24) is 15.6 Å². The van der Waals surface area contributed by atoms with Gasteiger partial charge in [-0.05, 0) is 29.8 Å². The number of nitrogens with zero attached hydrogens (tertiary/aromatic N) is 2. The van der Waals surface area contributed by atoms with Gasteiger partial charge in [-0.15, -0.1) is 0 Å². The van der Waals surface area contributed by atoms with Gasteiger partial charge in [0, 0.05) is 42.5 Å². The number of carbonyl (C=O) groups excluding carboxylic acids is 1. The van der Waals surface area contributed by atoms with Crippen molar-refractivity contribution in [1.29, 1.82) is 0 Å². The molecule has 1 aromatic carbocycles. The van der Waals surface area contributed by atoms with Crippen LogP contribution in [-0.4, -0.2) is 24.2 Å². The standard InChI is InChI=1S/C23H26F2N4O/c1-15(23(2,3)4)27-13-16-6-8-19(24)18(12-16)22(26-5)29-20(10-11-30)17-7-9-21(25)28-14-17/h6-12,14,27H,1,13H2,2-5H3,(H,26,29)/b20-10-. The van der Waals surface area contributed by atoms with Crippen molar-refractivity contribution >= 4 is 17.8 Å².